The van der Waals surface area contributed by atoms with Crippen molar-refractivity contribution in [1.29, 1.82) is 0 Å². The quantitative estimate of drug-likeness (QED) is 0.653. The van der Waals surface area contributed by atoms with Gasteiger partial charge in [-0.3, -0.25) is 14.1 Å². The van der Waals surface area contributed by atoms with Gasteiger partial charge in [0.1, 0.15) is 11.4 Å². The zero-order valence-electron chi connectivity index (χ0n) is 14.7. The molecule has 0 radical (unpaired) electrons. The lowest BCUT2D eigenvalue weighted by Gasteiger charge is -2.18. The molecule has 0 spiro atoms. The van der Waals surface area contributed by atoms with Crippen molar-refractivity contribution in [2.24, 2.45) is 0 Å². The number of hydrogen-bond acceptors (Lipinski definition) is 6. The fourth-order valence-electron chi connectivity index (χ4n) is 3.00. The maximum absolute atomic E-state index is 12.5. The Morgan fingerprint density at radius 1 is 1.18 bits per heavy atom. The molecule has 1 amide bonds. The predicted molar refractivity (Wildman–Crippen MR) is 104 cm³/mol. The molecule has 4 rings (SSSR count). The second-order valence-corrected chi connectivity index (χ2v) is 8.29. The van der Waals surface area contributed by atoms with E-state index in [1.54, 1.807) is 30.5 Å². The van der Waals surface area contributed by atoms with E-state index in [4.69, 9.17) is 4.42 Å². The van der Waals surface area contributed by atoms with Gasteiger partial charge in [-0.15, -0.1) is 0 Å². The fraction of sp³-hybridized carbons (Fsp3) is 0.158. The van der Waals surface area contributed by atoms with Crippen LogP contribution in [0.2, 0.25) is 0 Å². The number of phenolic OH excluding ortho intramolecular Hbond substituents is 1. The first-order valence-electron chi connectivity index (χ1n) is 8.60. The molecule has 3 aromatic rings. The first-order chi connectivity index (χ1) is 13.4. The van der Waals surface area contributed by atoms with Gasteiger partial charge in [0.2, 0.25) is 10.0 Å². The van der Waals surface area contributed by atoms with Crippen LogP contribution in [0.25, 0.3) is 11.5 Å². The number of anilines is 2. The highest BCUT2D eigenvalue weighted by atomic mass is 32.2. The molecule has 1 saturated heterocycles. The van der Waals surface area contributed by atoms with Gasteiger partial charge in [-0.05, 0) is 48.9 Å². The largest absolute Gasteiger partial charge is 0.506 e. The second-order valence-electron chi connectivity index (χ2n) is 6.28. The van der Waals surface area contributed by atoms with E-state index < -0.39 is 15.9 Å². The van der Waals surface area contributed by atoms with E-state index in [-0.39, 0.29) is 22.9 Å². The number of aromatic hydroxyl groups is 1. The van der Waals surface area contributed by atoms with Crippen LogP contribution < -0.4 is 9.62 Å². The summed E-state index contributed by atoms with van der Waals surface area (Å²) in [6.45, 7) is 0.367. The summed E-state index contributed by atoms with van der Waals surface area (Å²) in [6, 6.07) is 12.7. The molecule has 0 saturated carbocycles. The van der Waals surface area contributed by atoms with Gasteiger partial charge < -0.3 is 14.8 Å². The maximum Gasteiger partial charge on any atom is 0.291 e. The lowest BCUT2D eigenvalue weighted by atomic mass is 10.2. The summed E-state index contributed by atoms with van der Waals surface area (Å²) in [7, 11) is -3.36. The zero-order valence-corrected chi connectivity index (χ0v) is 15.5. The highest BCUT2D eigenvalue weighted by molar-refractivity contribution is 7.93. The Bertz CT molecular complexity index is 1130. The van der Waals surface area contributed by atoms with E-state index >= 15 is 0 Å². The number of pyridine rings is 1. The van der Waals surface area contributed by atoms with Gasteiger partial charge in [0.15, 0.2) is 11.5 Å². The van der Waals surface area contributed by atoms with Gasteiger partial charge in [-0.25, -0.2) is 8.42 Å². The smallest absolute Gasteiger partial charge is 0.291 e. The lowest BCUT2D eigenvalue weighted by molar-refractivity contribution is 0.0997. The number of phenols is 1. The first kappa shape index (κ1) is 18.1. The molecule has 0 unspecified atom stereocenters. The number of sulfonamides is 1. The standard InChI is InChI=1S/C19H17N3O5S/c23-16-6-5-13(22-10-3-11-28(22,25)26)12-15(16)21-19(24)18-8-7-17(27-18)14-4-1-2-9-20-14/h1-2,4-9,12,23H,3,10-11H2,(H,21,24). The van der Waals surface area contributed by atoms with Crippen molar-refractivity contribution in [3.63, 3.8) is 0 Å². The first-order valence-corrected chi connectivity index (χ1v) is 10.2. The van der Waals surface area contributed by atoms with Crippen LogP contribution in [-0.2, 0) is 10.0 Å². The van der Waals surface area contributed by atoms with Crippen LogP contribution in [-0.4, -0.2) is 36.7 Å². The van der Waals surface area contributed by atoms with Crippen LogP contribution in [0.15, 0.2) is 59.1 Å². The Hall–Kier alpha value is -3.33. The van der Waals surface area contributed by atoms with Gasteiger partial charge in [0, 0.05) is 12.7 Å². The minimum Gasteiger partial charge on any atom is -0.506 e. The number of furan rings is 1. The molecule has 8 nitrogen and oxygen atoms in total. The molecular formula is C19H17N3O5S. The molecular weight excluding hydrogens is 382 g/mol. The Labute approximate surface area is 161 Å². The molecule has 0 bridgehead atoms. The van der Waals surface area contributed by atoms with Crippen molar-refractivity contribution in [1.82, 2.24) is 4.98 Å². The van der Waals surface area contributed by atoms with E-state index in [1.807, 2.05) is 0 Å². The third-order valence-corrected chi connectivity index (χ3v) is 6.23. The minimum absolute atomic E-state index is 0.0410. The summed E-state index contributed by atoms with van der Waals surface area (Å²) < 4.78 is 31.0. The summed E-state index contributed by atoms with van der Waals surface area (Å²) in [6.07, 6.45) is 2.15. The molecule has 2 aromatic heterocycles. The van der Waals surface area contributed by atoms with Crippen molar-refractivity contribution < 1.29 is 22.7 Å². The monoisotopic (exact) mass is 399 g/mol. The van der Waals surface area contributed by atoms with E-state index in [9.17, 15) is 18.3 Å². The third-order valence-electron chi connectivity index (χ3n) is 4.36. The normalized spacial score (nSPS) is 15.5. The molecule has 0 aliphatic carbocycles. The molecule has 3 heterocycles. The summed E-state index contributed by atoms with van der Waals surface area (Å²) in [5.74, 6) is -0.187. The molecule has 0 atom stereocenters. The van der Waals surface area contributed by atoms with Gasteiger partial charge in [0.25, 0.3) is 5.91 Å². The zero-order chi connectivity index (χ0) is 19.7. The highest BCUT2D eigenvalue weighted by Gasteiger charge is 2.29. The van der Waals surface area contributed by atoms with Crippen LogP contribution in [0.1, 0.15) is 17.0 Å². The number of rotatable bonds is 4. The molecule has 2 N–H and O–H groups in total. The van der Waals surface area contributed by atoms with Crippen LogP contribution in [0.3, 0.4) is 0 Å². The number of nitrogens with zero attached hydrogens (tertiary/aromatic N) is 2. The number of carbonyl (C=O) groups is 1. The number of hydrogen-bond donors (Lipinski definition) is 2. The van der Waals surface area contributed by atoms with Crippen molar-refractivity contribution in [3.8, 4) is 17.2 Å². The summed E-state index contributed by atoms with van der Waals surface area (Å²) in [4.78, 5) is 16.7. The Kier molecular flexibility index (Phi) is 4.52. The van der Waals surface area contributed by atoms with Gasteiger partial charge in [0.05, 0.1) is 17.1 Å². The molecule has 28 heavy (non-hydrogen) atoms. The Morgan fingerprint density at radius 3 is 2.75 bits per heavy atom. The number of amides is 1. The van der Waals surface area contributed by atoms with Gasteiger partial charge in [-0.2, -0.15) is 0 Å². The van der Waals surface area contributed by atoms with Crippen LogP contribution in [0.4, 0.5) is 11.4 Å². The van der Waals surface area contributed by atoms with Crippen LogP contribution in [0.5, 0.6) is 5.75 Å². The fourth-order valence-corrected chi connectivity index (χ4v) is 4.56. The predicted octanol–water partition coefficient (Wildman–Crippen LogP) is 2.84. The van der Waals surface area contributed by atoms with Crippen LogP contribution in [0, 0.1) is 0 Å². The maximum atomic E-state index is 12.5. The second kappa shape index (κ2) is 7.01. The highest BCUT2D eigenvalue weighted by Crippen LogP contribution is 2.32. The van der Waals surface area contributed by atoms with E-state index in [0.29, 0.717) is 30.1 Å². The minimum atomic E-state index is -3.36. The average molecular weight is 399 g/mol. The molecule has 1 aromatic carbocycles. The number of benzene rings is 1. The molecule has 1 fully saturated rings. The summed E-state index contributed by atoms with van der Waals surface area (Å²) in [5, 5.41) is 12.6. The summed E-state index contributed by atoms with van der Waals surface area (Å²) >= 11 is 0. The SMILES string of the molecule is O=C(Nc1cc(N2CCCS2(=O)=O)ccc1O)c1ccc(-c2ccccn2)o1. The summed E-state index contributed by atoms with van der Waals surface area (Å²) in [5.41, 5.74) is 1.07. The van der Waals surface area contributed by atoms with E-state index in [0.717, 1.165) is 0 Å². The lowest BCUT2D eigenvalue weighted by Crippen LogP contribution is -2.25. The Balaban J connectivity index is 1.57. The van der Waals surface area contributed by atoms with Crippen molar-refractivity contribution in [2.45, 2.75) is 6.42 Å². The van der Waals surface area contributed by atoms with Crippen molar-refractivity contribution in [2.75, 3.05) is 21.9 Å². The van der Waals surface area contributed by atoms with Gasteiger partial charge in [-0.1, -0.05) is 6.07 Å². The van der Waals surface area contributed by atoms with Crippen LogP contribution >= 0.6 is 0 Å². The third kappa shape index (κ3) is 3.44. The molecule has 1 aliphatic heterocycles. The van der Waals surface area contributed by atoms with E-state index in [2.05, 4.69) is 10.3 Å². The number of nitrogens with one attached hydrogen (secondary N) is 1. The molecule has 144 valence electrons. The van der Waals surface area contributed by atoms with Crippen molar-refractivity contribution in [3.05, 3.63) is 60.5 Å². The molecule has 1 aliphatic rings. The van der Waals surface area contributed by atoms with Crippen molar-refractivity contribution >= 4 is 27.3 Å². The number of aromatic nitrogens is 1. The molecule has 9 heteroatoms. The topological polar surface area (TPSA) is 113 Å². The number of carbonyl (C=O) groups excluding carboxylic acids is 1. The Morgan fingerprint density at radius 2 is 2.04 bits per heavy atom. The van der Waals surface area contributed by atoms with Gasteiger partial charge >= 0.3 is 0 Å². The average Bonchev–Trinajstić information content (AvgIpc) is 3.31. The van der Waals surface area contributed by atoms with E-state index in [1.165, 1.54) is 28.6 Å².